The van der Waals surface area contributed by atoms with Gasteiger partial charge in [0.15, 0.2) is 0 Å². The lowest BCUT2D eigenvalue weighted by molar-refractivity contribution is 0.294. The Morgan fingerprint density at radius 1 is 1.05 bits per heavy atom. The van der Waals surface area contributed by atoms with Gasteiger partial charge in [0.05, 0.1) is 12.3 Å². The van der Waals surface area contributed by atoms with Crippen molar-refractivity contribution in [1.82, 2.24) is 15.0 Å². The third-order valence-corrected chi connectivity index (χ3v) is 3.24. The van der Waals surface area contributed by atoms with Gasteiger partial charge >= 0.3 is 6.01 Å². The number of aromatic nitrogens is 3. The van der Waals surface area contributed by atoms with Crippen molar-refractivity contribution in [1.29, 1.82) is 0 Å². The maximum absolute atomic E-state index is 5.72. The largest absolute Gasteiger partial charge is 0.463 e. The molecule has 0 aliphatic carbocycles. The summed E-state index contributed by atoms with van der Waals surface area (Å²) in [5, 5.41) is 0. The Kier molecular flexibility index (Phi) is 4.14. The number of ether oxygens (including phenoxy) is 1. The molecule has 3 aromatic rings. The third-order valence-electron chi connectivity index (χ3n) is 3.24. The number of hydrogen-bond donors (Lipinski definition) is 0. The van der Waals surface area contributed by atoms with Crippen LogP contribution in [0.25, 0.3) is 11.5 Å². The average molecular weight is 295 g/mol. The molecule has 5 nitrogen and oxygen atoms in total. The van der Waals surface area contributed by atoms with E-state index < -0.39 is 0 Å². The SMILES string of the molecule is Cc1cnc(OCCc2nc(-c3ccccc3)oc2C)nc1. The van der Waals surface area contributed by atoms with E-state index in [1.54, 1.807) is 12.4 Å². The summed E-state index contributed by atoms with van der Waals surface area (Å²) in [6, 6.07) is 10.2. The van der Waals surface area contributed by atoms with Crippen LogP contribution < -0.4 is 4.74 Å². The fraction of sp³-hybridized carbons (Fsp3) is 0.235. The van der Waals surface area contributed by atoms with Gasteiger partial charge in [-0.2, -0.15) is 0 Å². The Balaban J connectivity index is 1.63. The van der Waals surface area contributed by atoms with Gasteiger partial charge in [0.2, 0.25) is 5.89 Å². The number of oxazole rings is 1. The Labute approximate surface area is 129 Å². The molecule has 0 spiro atoms. The lowest BCUT2D eigenvalue weighted by Gasteiger charge is -2.02. The van der Waals surface area contributed by atoms with Crippen LogP contribution >= 0.6 is 0 Å². The number of benzene rings is 1. The minimum atomic E-state index is 0.384. The van der Waals surface area contributed by atoms with Gasteiger partial charge in [-0.05, 0) is 31.5 Å². The second-order valence-electron chi connectivity index (χ2n) is 5.03. The van der Waals surface area contributed by atoms with Crippen molar-refractivity contribution in [3.05, 3.63) is 59.7 Å². The molecule has 0 saturated carbocycles. The second kappa shape index (κ2) is 6.39. The first-order valence-electron chi connectivity index (χ1n) is 7.15. The summed E-state index contributed by atoms with van der Waals surface area (Å²) in [4.78, 5) is 12.8. The van der Waals surface area contributed by atoms with E-state index in [9.17, 15) is 0 Å². The summed E-state index contributed by atoms with van der Waals surface area (Å²) in [6.45, 7) is 4.31. The number of aryl methyl sites for hydroxylation is 2. The van der Waals surface area contributed by atoms with Crippen LogP contribution in [-0.4, -0.2) is 21.6 Å². The first-order valence-corrected chi connectivity index (χ1v) is 7.15. The summed E-state index contributed by atoms with van der Waals surface area (Å²) >= 11 is 0. The minimum absolute atomic E-state index is 0.384. The van der Waals surface area contributed by atoms with E-state index >= 15 is 0 Å². The van der Waals surface area contributed by atoms with E-state index in [-0.39, 0.29) is 0 Å². The van der Waals surface area contributed by atoms with Crippen molar-refractivity contribution < 1.29 is 9.15 Å². The first kappa shape index (κ1) is 14.3. The topological polar surface area (TPSA) is 61.0 Å². The highest BCUT2D eigenvalue weighted by molar-refractivity contribution is 5.53. The Hall–Kier alpha value is -2.69. The fourth-order valence-electron chi connectivity index (χ4n) is 2.06. The normalized spacial score (nSPS) is 10.6. The minimum Gasteiger partial charge on any atom is -0.463 e. The van der Waals surface area contributed by atoms with Crippen LogP contribution in [0.5, 0.6) is 6.01 Å². The molecule has 5 heteroatoms. The molecule has 0 N–H and O–H groups in total. The second-order valence-corrected chi connectivity index (χ2v) is 5.03. The molecule has 3 rings (SSSR count). The Bertz CT molecular complexity index is 736. The molecule has 0 bridgehead atoms. The van der Waals surface area contributed by atoms with Crippen molar-refractivity contribution in [2.45, 2.75) is 20.3 Å². The summed E-state index contributed by atoms with van der Waals surface area (Å²) < 4.78 is 11.3. The van der Waals surface area contributed by atoms with Crippen molar-refractivity contribution >= 4 is 0 Å². The zero-order chi connectivity index (χ0) is 15.4. The van der Waals surface area contributed by atoms with E-state index in [2.05, 4.69) is 15.0 Å². The molecular formula is C17H17N3O2. The van der Waals surface area contributed by atoms with E-state index in [0.717, 1.165) is 22.6 Å². The van der Waals surface area contributed by atoms with Crippen molar-refractivity contribution in [3.8, 4) is 17.5 Å². The fourth-order valence-corrected chi connectivity index (χ4v) is 2.06. The number of nitrogens with zero attached hydrogens (tertiary/aromatic N) is 3. The van der Waals surface area contributed by atoms with Gasteiger partial charge in [-0.15, -0.1) is 0 Å². The van der Waals surface area contributed by atoms with Crippen LogP contribution in [0.3, 0.4) is 0 Å². The molecule has 0 aliphatic rings. The van der Waals surface area contributed by atoms with Gasteiger partial charge in [-0.3, -0.25) is 0 Å². The molecule has 112 valence electrons. The summed E-state index contributed by atoms with van der Waals surface area (Å²) in [7, 11) is 0. The van der Waals surface area contributed by atoms with Crippen LogP contribution in [0.2, 0.25) is 0 Å². The highest BCUT2D eigenvalue weighted by atomic mass is 16.5. The monoisotopic (exact) mass is 295 g/mol. The molecule has 0 fully saturated rings. The molecular weight excluding hydrogens is 278 g/mol. The molecule has 0 unspecified atom stereocenters. The number of hydrogen-bond acceptors (Lipinski definition) is 5. The predicted molar refractivity (Wildman–Crippen MR) is 82.6 cm³/mol. The molecule has 0 aliphatic heterocycles. The first-order chi connectivity index (χ1) is 10.7. The van der Waals surface area contributed by atoms with Gasteiger partial charge in [0, 0.05) is 24.4 Å². The van der Waals surface area contributed by atoms with E-state index in [4.69, 9.17) is 9.15 Å². The van der Waals surface area contributed by atoms with Crippen LogP contribution in [0, 0.1) is 13.8 Å². The smallest absolute Gasteiger partial charge is 0.316 e. The van der Waals surface area contributed by atoms with Gasteiger partial charge in [0.1, 0.15) is 5.76 Å². The van der Waals surface area contributed by atoms with Gasteiger partial charge in [-0.1, -0.05) is 18.2 Å². The van der Waals surface area contributed by atoms with Crippen molar-refractivity contribution in [2.75, 3.05) is 6.61 Å². The molecule has 1 aromatic carbocycles. The van der Waals surface area contributed by atoms with Crippen LogP contribution in [0.15, 0.2) is 47.1 Å². The predicted octanol–water partition coefficient (Wildman–Crippen LogP) is 3.37. The highest BCUT2D eigenvalue weighted by Gasteiger charge is 2.11. The maximum atomic E-state index is 5.72. The van der Waals surface area contributed by atoms with Crippen LogP contribution in [0.1, 0.15) is 17.0 Å². The van der Waals surface area contributed by atoms with Crippen LogP contribution in [-0.2, 0) is 6.42 Å². The Morgan fingerprint density at radius 3 is 2.50 bits per heavy atom. The molecule has 2 aromatic heterocycles. The summed E-state index contributed by atoms with van der Waals surface area (Å²) in [6.07, 6.45) is 4.12. The maximum Gasteiger partial charge on any atom is 0.316 e. The third kappa shape index (κ3) is 3.31. The summed E-state index contributed by atoms with van der Waals surface area (Å²) in [5.74, 6) is 1.45. The zero-order valence-electron chi connectivity index (χ0n) is 12.6. The van der Waals surface area contributed by atoms with E-state index in [1.165, 1.54) is 0 Å². The highest BCUT2D eigenvalue weighted by Crippen LogP contribution is 2.21. The number of rotatable bonds is 5. The molecule has 22 heavy (non-hydrogen) atoms. The van der Waals surface area contributed by atoms with Crippen LogP contribution in [0.4, 0.5) is 0 Å². The molecule has 2 heterocycles. The Morgan fingerprint density at radius 2 is 1.77 bits per heavy atom. The van der Waals surface area contributed by atoms with Gasteiger partial charge in [-0.25, -0.2) is 15.0 Å². The average Bonchev–Trinajstić information content (AvgIpc) is 2.91. The van der Waals surface area contributed by atoms with Gasteiger partial charge in [0.25, 0.3) is 0 Å². The lowest BCUT2D eigenvalue weighted by Crippen LogP contribution is -2.05. The molecule has 0 saturated heterocycles. The molecule has 0 atom stereocenters. The van der Waals surface area contributed by atoms with Crippen molar-refractivity contribution in [2.24, 2.45) is 0 Å². The lowest BCUT2D eigenvalue weighted by atomic mass is 10.2. The molecule has 0 radical (unpaired) electrons. The van der Waals surface area contributed by atoms with Gasteiger partial charge < -0.3 is 9.15 Å². The quantitative estimate of drug-likeness (QED) is 0.722. The molecule has 0 amide bonds. The van der Waals surface area contributed by atoms with E-state index in [1.807, 2.05) is 44.2 Å². The zero-order valence-corrected chi connectivity index (χ0v) is 12.6. The van der Waals surface area contributed by atoms with E-state index in [0.29, 0.717) is 24.9 Å². The standard InChI is InChI=1S/C17H17N3O2/c1-12-10-18-17(19-11-12)21-9-8-15-13(2)22-16(20-15)14-6-4-3-5-7-14/h3-7,10-11H,8-9H2,1-2H3. The summed E-state index contributed by atoms with van der Waals surface area (Å²) in [5.41, 5.74) is 2.87. The van der Waals surface area contributed by atoms with Crippen molar-refractivity contribution in [3.63, 3.8) is 0 Å².